The Hall–Kier alpha value is -2.37. The van der Waals surface area contributed by atoms with E-state index in [2.05, 4.69) is 0 Å². The van der Waals surface area contributed by atoms with Crippen LogP contribution in [0.4, 0.5) is 0 Å². The fraction of sp³-hybridized carbons (Fsp3) is 0.357. The number of fused-ring (bicyclic) bond motifs is 1. The van der Waals surface area contributed by atoms with E-state index in [4.69, 9.17) is 9.47 Å². The maximum absolute atomic E-state index is 12.2. The lowest BCUT2D eigenvalue weighted by molar-refractivity contribution is -0.142. The van der Waals surface area contributed by atoms with E-state index in [1.165, 1.54) is 20.1 Å². The third-order valence-electron chi connectivity index (χ3n) is 3.40. The molecule has 1 aliphatic rings. The Labute approximate surface area is 116 Å². The maximum atomic E-state index is 12.2. The van der Waals surface area contributed by atoms with Crippen LogP contribution in [0.2, 0.25) is 0 Å². The third-order valence-corrected chi connectivity index (χ3v) is 3.40. The molecule has 6 nitrogen and oxygen atoms in total. The minimum absolute atomic E-state index is 0.0159. The van der Waals surface area contributed by atoms with E-state index in [1.54, 1.807) is 18.5 Å². The minimum Gasteiger partial charge on any atom is -0.492 e. The molecule has 0 atom stereocenters. The third kappa shape index (κ3) is 2.03. The summed E-state index contributed by atoms with van der Waals surface area (Å²) in [5.41, 5.74) is 1.83. The number of esters is 1. The van der Waals surface area contributed by atoms with Gasteiger partial charge in [-0.3, -0.25) is 14.4 Å². The summed E-state index contributed by atoms with van der Waals surface area (Å²) in [6.45, 7) is 3.03. The minimum atomic E-state index is -0.440. The van der Waals surface area contributed by atoms with E-state index in [9.17, 15) is 14.4 Å². The van der Waals surface area contributed by atoms with E-state index in [-0.39, 0.29) is 35.2 Å². The largest absolute Gasteiger partial charge is 0.492 e. The first-order valence-electron chi connectivity index (χ1n) is 6.04. The van der Waals surface area contributed by atoms with Crippen LogP contribution < -0.4 is 0 Å². The molecule has 1 heterocycles. The van der Waals surface area contributed by atoms with E-state index in [0.29, 0.717) is 11.3 Å². The number of rotatable bonds is 3. The van der Waals surface area contributed by atoms with Crippen molar-refractivity contribution in [3.05, 3.63) is 34.3 Å². The number of hydrogen-bond acceptors (Lipinski definition) is 5. The summed E-state index contributed by atoms with van der Waals surface area (Å²) < 4.78 is 11.5. The second kappa shape index (κ2) is 4.96. The first kappa shape index (κ1) is 14.0. The monoisotopic (exact) mass is 277 g/mol. The summed E-state index contributed by atoms with van der Waals surface area (Å²) in [6.07, 6.45) is 1.17. The highest BCUT2D eigenvalue weighted by Crippen LogP contribution is 2.29. The average molecular weight is 277 g/mol. The first-order valence-corrected chi connectivity index (χ1v) is 6.04. The molecule has 0 saturated carbocycles. The average Bonchev–Trinajstić information content (AvgIpc) is 2.65. The second-order valence-electron chi connectivity index (χ2n) is 4.53. The number of hydrogen-bond donors (Lipinski definition) is 0. The quantitative estimate of drug-likeness (QED) is 0.779. The van der Waals surface area contributed by atoms with Gasteiger partial charge in [-0.05, 0) is 6.92 Å². The number of carbonyl (C=O) groups excluding carboxylic acids is 3. The molecule has 1 aliphatic carbocycles. The molecule has 0 unspecified atom stereocenters. The van der Waals surface area contributed by atoms with Crippen molar-refractivity contribution in [1.82, 2.24) is 4.57 Å². The Morgan fingerprint density at radius 2 is 2.00 bits per heavy atom. The summed E-state index contributed by atoms with van der Waals surface area (Å²) in [7, 11) is 3.03. The number of ether oxygens (including phenoxy) is 2. The summed E-state index contributed by atoms with van der Waals surface area (Å²) in [6, 6.07) is 0. The first-order chi connectivity index (χ1) is 9.38. The standard InChI is InChI=1S/C14H15NO5/c1-7-9(6-20-8(2)16)12-10(17)5-11(19-4)14(18)13(12)15(7)3/h5H,6H2,1-4H3. The summed E-state index contributed by atoms with van der Waals surface area (Å²) >= 11 is 0. The Bertz CT molecular complexity index is 651. The molecule has 0 fully saturated rings. The van der Waals surface area contributed by atoms with Crippen LogP contribution in [0.5, 0.6) is 0 Å². The van der Waals surface area contributed by atoms with Gasteiger partial charge in [-0.15, -0.1) is 0 Å². The number of aromatic nitrogens is 1. The molecular weight excluding hydrogens is 262 g/mol. The van der Waals surface area contributed by atoms with Gasteiger partial charge >= 0.3 is 5.97 Å². The van der Waals surface area contributed by atoms with Gasteiger partial charge in [-0.2, -0.15) is 0 Å². The molecule has 1 aromatic heterocycles. The summed E-state index contributed by atoms with van der Waals surface area (Å²) in [5, 5.41) is 0. The van der Waals surface area contributed by atoms with E-state index in [1.807, 2.05) is 0 Å². The number of methoxy groups -OCH3 is 1. The molecule has 0 bridgehead atoms. The normalized spacial score (nSPS) is 13.9. The molecule has 6 heteroatoms. The van der Waals surface area contributed by atoms with Crippen molar-refractivity contribution in [2.45, 2.75) is 20.5 Å². The van der Waals surface area contributed by atoms with Crippen LogP contribution in [0, 0.1) is 6.92 Å². The predicted molar refractivity (Wildman–Crippen MR) is 69.4 cm³/mol. The highest BCUT2D eigenvalue weighted by atomic mass is 16.5. The van der Waals surface area contributed by atoms with Gasteiger partial charge in [0.25, 0.3) is 0 Å². The summed E-state index contributed by atoms with van der Waals surface area (Å²) in [5.74, 6) is -1.09. The van der Waals surface area contributed by atoms with Crippen molar-refractivity contribution in [1.29, 1.82) is 0 Å². The lowest BCUT2D eigenvalue weighted by Gasteiger charge is -2.13. The fourth-order valence-corrected chi connectivity index (χ4v) is 2.27. The number of Topliss-reactive ketones (excluding diaryl/α,β-unsaturated/α-hetero) is 1. The van der Waals surface area contributed by atoms with E-state index >= 15 is 0 Å². The molecule has 0 radical (unpaired) electrons. The number of allylic oxidation sites excluding steroid dienone is 2. The highest BCUT2D eigenvalue weighted by molar-refractivity contribution is 6.24. The van der Waals surface area contributed by atoms with Crippen molar-refractivity contribution in [2.75, 3.05) is 7.11 Å². The van der Waals surface area contributed by atoms with Crippen molar-refractivity contribution >= 4 is 17.5 Å². The smallest absolute Gasteiger partial charge is 0.302 e. The number of carbonyl (C=O) groups is 3. The molecule has 0 N–H and O–H groups in total. The second-order valence-corrected chi connectivity index (χ2v) is 4.53. The molecular formula is C14H15NO5. The van der Waals surface area contributed by atoms with Crippen LogP contribution >= 0.6 is 0 Å². The van der Waals surface area contributed by atoms with Gasteiger partial charge in [-0.1, -0.05) is 0 Å². The lowest BCUT2D eigenvalue weighted by Crippen LogP contribution is -2.20. The van der Waals surface area contributed by atoms with E-state index < -0.39 is 5.97 Å². The summed E-state index contributed by atoms with van der Waals surface area (Å²) in [4.78, 5) is 35.3. The van der Waals surface area contributed by atoms with Crippen molar-refractivity contribution in [3.63, 3.8) is 0 Å². The zero-order chi connectivity index (χ0) is 15.0. The topological polar surface area (TPSA) is 74.6 Å². The Morgan fingerprint density at radius 3 is 2.55 bits per heavy atom. The van der Waals surface area contributed by atoms with Crippen molar-refractivity contribution in [2.24, 2.45) is 7.05 Å². The van der Waals surface area contributed by atoms with Gasteiger partial charge in [0.05, 0.1) is 12.7 Å². The van der Waals surface area contributed by atoms with Crippen LogP contribution in [-0.4, -0.2) is 29.2 Å². The van der Waals surface area contributed by atoms with Crippen molar-refractivity contribution in [3.8, 4) is 0 Å². The van der Waals surface area contributed by atoms with Crippen molar-refractivity contribution < 1.29 is 23.9 Å². The van der Waals surface area contributed by atoms with Crippen LogP contribution in [0.3, 0.4) is 0 Å². The molecule has 0 spiro atoms. The number of nitrogens with zero attached hydrogens (tertiary/aromatic N) is 1. The van der Waals surface area contributed by atoms with Crippen LogP contribution in [-0.2, 0) is 27.9 Å². The Balaban J connectivity index is 2.57. The molecule has 2 rings (SSSR count). The Morgan fingerprint density at radius 1 is 1.35 bits per heavy atom. The van der Waals surface area contributed by atoms with Gasteiger partial charge < -0.3 is 14.0 Å². The molecule has 0 aliphatic heterocycles. The molecule has 0 saturated heterocycles. The van der Waals surface area contributed by atoms with Gasteiger partial charge in [0.15, 0.2) is 11.5 Å². The zero-order valence-electron chi connectivity index (χ0n) is 11.8. The van der Waals surface area contributed by atoms with Gasteiger partial charge in [0.1, 0.15) is 12.3 Å². The SMILES string of the molecule is COC1=CC(=O)c2c(COC(C)=O)c(C)n(C)c2C1=O. The van der Waals surface area contributed by atoms with Crippen LogP contribution in [0.1, 0.15) is 39.0 Å². The van der Waals surface area contributed by atoms with Gasteiger partial charge in [0, 0.05) is 31.3 Å². The highest BCUT2D eigenvalue weighted by Gasteiger charge is 2.34. The van der Waals surface area contributed by atoms with Gasteiger partial charge in [-0.25, -0.2) is 0 Å². The molecule has 1 aromatic rings. The fourth-order valence-electron chi connectivity index (χ4n) is 2.27. The number of ketones is 2. The maximum Gasteiger partial charge on any atom is 0.302 e. The zero-order valence-corrected chi connectivity index (χ0v) is 11.8. The predicted octanol–water partition coefficient (Wildman–Crippen LogP) is 1.31. The van der Waals surface area contributed by atoms with Crippen LogP contribution in [0.25, 0.3) is 0 Å². The molecule has 0 aromatic carbocycles. The molecule has 20 heavy (non-hydrogen) atoms. The van der Waals surface area contributed by atoms with Crippen LogP contribution in [0.15, 0.2) is 11.8 Å². The molecule has 0 amide bonds. The lowest BCUT2D eigenvalue weighted by atomic mass is 9.96. The van der Waals surface area contributed by atoms with Gasteiger partial charge in [0.2, 0.25) is 5.78 Å². The molecule has 106 valence electrons. The Kier molecular flexibility index (Phi) is 3.48. The van der Waals surface area contributed by atoms with E-state index in [0.717, 1.165) is 0 Å².